The van der Waals surface area contributed by atoms with Crippen molar-refractivity contribution in [3.05, 3.63) is 51.8 Å². The largest absolute Gasteiger partial charge is 0.465 e. The summed E-state index contributed by atoms with van der Waals surface area (Å²) in [5.74, 6) is -0.599. The monoisotopic (exact) mass is 401 g/mol. The number of hydrogen-bond acceptors (Lipinski definition) is 7. The Bertz CT molecular complexity index is 932. The van der Waals surface area contributed by atoms with Crippen LogP contribution in [0.25, 0.3) is 10.4 Å². The van der Waals surface area contributed by atoms with Crippen LogP contribution in [-0.2, 0) is 4.74 Å². The van der Waals surface area contributed by atoms with Crippen LogP contribution in [0.3, 0.4) is 0 Å². The number of benzene rings is 1. The lowest BCUT2D eigenvalue weighted by atomic mass is 10.1. The maximum absolute atomic E-state index is 12.1. The van der Waals surface area contributed by atoms with Crippen LogP contribution in [0.4, 0.5) is 11.4 Å². The van der Waals surface area contributed by atoms with E-state index in [-0.39, 0.29) is 17.9 Å². The molecular weight excluding hydrogens is 382 g/mol. The fourth-order valence-electron chi connectivity index (χ4n) is 2.43. The van der Waals surface area contributed by atoms with Gasteiger partial charge in [0.05, 0.1) is 18.3 Å². The highest BCUT2D eigenvalue weighted by molar-refractivity contribution is 7.18. The van der Waals surface area contributed by atoms with Gasteiger partial charge < -0.3 is 15.4 Å². The van der Waals surface area contributed by atoms with Gasteiger partial charge in [0, 0.05) is 22.0 Å². The van der Waals surface area contributed by atoms with Gasteiger partial charge in [-0.2, -0.15) is 0 Å². The molecule has 0 bridgehead atoms. The van der Waals surface area contributed by atoms with Crippen molar-refractivity contribution < 1.29 is 14.3 Å². The van der Waals surface area contributed by atoms with E-state index in [1.807, 2.05) is 44.2 Å². The Kier molecular flexibility index (Phi) is 5.88. The molecular formula is C19H19N3O3S2. The van der Waals surface area contributed by atoms with E-state index in [0.717, 1.165) is 16.1 Å². The summed E-state index contributed by atoms with van der Waals surface area (Å²) in [4.78, 5) is 29.6. The van der Waals surface area contributed by atoms with Gasteiger partial charge in [-0.15, -0.1) is 22.7 Å². The summed E-state index contributed by atoms with van der Waals surface area (Å²) in [6.07, 6.45) is 0. The van der Waals surface area contributed by atoms with Crippen molar-refractivity contribution in [2.45, 2.75) is 19.9 Å². The van der Waals surface area contributed by atoms with E-state index < -0.39 is 0 Å². The molecule has 0 saturated heterocycles. The molecule has 3 aromatic rings. The third-order valence-corrected chi connectivity index (χ3v) is 5.39. The molecule has 1 amide bonds. The summed E-state index contributed by atoms with van der Waals surface area (Å²) < 4.78 is 4.88. The fourth-order valence-corrected chi connectivity index (χ4v) is 4.01. The van der Waals surface area contributed by atoms with Crippen molar-refractivity contribution in [3.8, 4) is 10.4 Å². The summed E-state index contributed by atoms with van der Waals surface area (Å²) in [6, 6.07) is 9.60. The summed E-state index contributed by atoms with van der Waals surface area (Å²) >= 11 is 2.75. The fraction of sp³-hybridized carbons (Fsp3) is 0.211. The predicted octanol–water partition coefficient (Wildman–Crippen LogP) is 4.73. The second-order valence-corrected chi connectivity index (χ2v) is 7.82. The molecule has 0 aliphatic rings. The van der Waals surface area contributed by atoms with Crippen LogP contribution in [0, 0.1) is 0 Å². The van der Waals surface area contributed by atoms with Gasteiger partial charge in [0.1, 0.15) is 10.6 Å². The van der Waals surface area contributed by atoms with E-state index in [9.17, 15) is 9.59 Å². The van der Waals surface area contributed by atoms with Crippen LogP contribution in [0.1, 0.15) is 34.0 Å². The van der Waals surface area contributed by atoms with Gasteiger partial charge in [0.25, 0.3) is 5.91 Å². The molecule has 0 radical (unpaired) electrons. The summed E-state index contributed by atoms with van der Waals surface area (Å²) in [7, 11) is 1.38. The summed E-state index contributed by atoms with van der Waals surface area (Å²) in [5, 5.41) is 7.80. The van der Waals surface area contributed by atoms with Gasteiger partial charge >= 0.3 is 5.97 Å². The molecule has 2 N–H and O–H groups in total. The van der Waals surface area contributed by atoms with Gasteiger partial charge in [-0.1, -0.05) is 12.1 Å². The number of nitrogens with zero attached hydrogens (tertiary/aromatic N) is 1. The average Bonchev–Trinajstić information content (AvgIpc) is 3.31. The first kappa shape index (κ1) is 19.1. The third-order valence-electron chi connectivity index (χ3n) is 3.64. The number of carbonyl (C=O) groups is 2. The van der Waals surface area contributed by atoms with Crippen molar-refractivity contribution >= 4 is 45.9 Å². The van der Waals surface area contributed by atoms with E-state index in [1.54, 1.807) is 10.9 Å². The Morgan fingerprint density at radius 1 is 1.19 bits per heavy atom. The number of ether oxygens (including phenoxy) is 1. The van der Waals surface area contributed by atoms with Gasteiger partial charge in [-0.3, -0.25) is 4.79 Å². The molecule has 2 heterocycles. The van der Waals surface area contributed by atoms with Crippen LogP contribution in [0.15, 0.2) is 41.2 Å². The lowest BCUT2D eigenvalue weighted by Gasteiger charge is -2.09. The molecule has 1 aromatic carbocycles. The molecule has 0 aliphatic carbocycles. The maximum Gasteiger partial charge on any atom is 0.350 e. The van der Waals surface area contributed by atoms with Crippen LogP contribution in [-0.4, -0.2) is 30.0 Å². The van der Waals surface area contributed by atoms with Gasteiger partial charge in [0.15, 0.2) is 0 Å². The highest BCUT2D eigenvalue weighted by Gasteiger charge is 2.18. The number of anilines is 2. The van der Waals surface area contributed by atoms with Crippen LogP contribution < -0.4 is 10.6 Å². The molecule has 3 rings (SSSR count). The summed E-state index contributed by atoms with van der Waals surface area (Å²) in [6.45, 7) is 4.02. The molecule has 0 unspecified atom stereocenters. The lowest BCUT2D eigenvalue weighted by molar-refractivity contribution is 0.0607. The second-order valence-electron chi connectivity index (χ2n) is 6.05. The Balaban J connectivity index is 1.81. The minimum Gasteiger partial charge on any atom is -0.465 e. The minimum absolute atomic E-state index is 0.194. The number of rotatable bonds is 6. The molecule has 8 heteroatoms. The summed E-state index contributed by atoms with van der Waals surface area (Å²) in [5.41, 5.74) is 4.42. The molecule has 27 heavy (non-hydrogen) atoms. The van der Waals surface area contributed by atoms with Gasteiger partial charge in [-0.25, -0.2) is 9.78 Å². The van der Waals surface area contributed by atoms with Crippen molar-refractivity contribution in [1.82, 2.24) is 4.98 Å². The number of esters is 1. The van der Waals surface area contributed by atoms with Crippen LogP contribution >= 0.6 is 22.7 Å². The van der Waals surface area contributed by atoms with Crippen molar-refractivity contribution in [1.29, 1.82) is 0 Å². The Hall–Kier alpha value is -2.71. The first-order chi connectivity index (χ1) is 13.0. The number of carbonyl (C=O) groups excluding carboxylic acids is 2. The van der Waals surface area contributed by atoms with Crippen molar-refractivity contribution in [2.75, 3.05) is 17.7 Å². The highest BCUT2D eigenvalue weighted by Crippen LogP contribution is 2.36. The van der Waals surface area contributed by atoms with E-state index in [1.165, 1.54) is 29.8 Å². The number of methoxy groups -OCH3 is 1. The average molecular weight is 402 g/mol. The topological polar surface area (TPSA) is 80.3 Å². The number of thiazole rings is 1. The normalized spacial score (nSPS) is 10.7. The number of thiophene rings is 1. The number of hydrogen-bond donors (Lipinski definition) is 2. The predicted molar refractivity (Wildman–Crippen MR) is 110 cm³/mol. The third kappa shape index (κ3) is 4.53. The van der Waals surface area contributed by atoms with Crippen LogP contribution in [0.5, 0.6) is 0 Å². The second kappa shape index (κ2) is 8.32. The number of amides is 1. The SMILES string of the molecule is COC(=O)c1sc(-c2ccc(NC(=O)c3cscn3)cc2)cc1NC(C)C. The molecule has 0 atom stereocenters. The zero-order valence-electron chi connectivity index (χ0n) is 15.1. The van der Waals surface area contributed by atoms with E-state index in [0.29, 0.717) is 16.3 Å². The van der Waals surface area contributed by atoms with Gasteiger partial charge in [0.2, 0.25) is 0 Å². The Labute approximate surface area is 165 Å². The first-order valence-electron chi connectivity index (χ1n) is 8.26. The molecule has 6 nitrogen and oxygen atoms in total. The molecule has 0 aliphatic heterocycles. The standard InChI is InChI=1S/C19H19N3O3S2/c1-11(2)21-14-8-16(27-17(14)19(24)25-3)12-4-6-13(7-5-12)22-18(23)15-9-26-10-20-15/h4-11,21H,1-3H3,(H,22,23). The van der Waals surface area contributed by atoms with Crippen LogP contribution in [0.2, 0.25) is 0 Å². The quantitative estimate of drug-likeness (QED) is 0.584. The lowest BCUT2D eigenvalue weighted by Crippen LogP contribution is -2.12. The molecule has 2 aromatic heterocycles. The number of aromatic nitrogens is 1. The van der Waals surface area contributed by atoms with E-state index in [2.05, 4.69) is 15.6 Å². The molecule has 0 spiro atoms. The zero-order chi connectivity index (χ0) is 19.4. The Morgan fingerprint density at radius 2 is 1.93 bits per heavy atom. The first-order valence-corrected chi connectivity index (χ1v) is 10.0. The van der Waals surface area contributed by atoms with Gasteiger partial charge in [-0.05, 0) is 37.6 Å². The van der Waals surface area contributed by atoms with Crippen molar-refractivity contribution in [3.63, 3.8) is 0 Å². The minimum atomic E-state index is -0.360. The molecule has 0 saturated carbocycles. The molecule has 0 fully saturated rings. The highest BCUT2D eigenvalue weighted by atomic mass is 32.1. The molecule has 140 valence electrons. The zero-order valence-corrected chi connectivity index (χ0v) is 16.7. The maximum atomic E-state index is 12.1. The Morgan fingerprint density at radius 3 is 2.52 bits per heavy atom. The van der Waals surface area contributed by atoms with E-state index in [4.69, 9.17) is 4.74 Å². The smallest absolute Gasteiger partial charge is 0.350 e. The van der Waals surface area contributed by atoms with E-state index >= 15 is 0 Å². The van der Waals surface area contributed by atoms with Crippen molar-refractivity contribution in [2.24, 2.45) is 0 Å². The number of nitrogens with one attached hydrogen (secondary N) is 2.